The van der Waals surface area contributed by atoms with Crippen molar-refractivity contribution in [3.63, 3.8) is 0 Å². The number of nitro groups is 1. The van der Waals surface area contributed by atoms with Crippen molar-refractivity contribution in [3.8, 4) is 5.97 Å². The lowest BCUT2D eigenvalue weighted by atomic mass is 9.43. The maximum absolute atomic E-state index is 13.4. The number of nitriles is 1. The molecule has 0 aliphatic rings. The summed E-state index contributed by atoms with van der Waals surface area (Å²) in [5, 5.41) is 20.5. The van der Waals surface area contributed by atoms with Crippen LogP contribution in [-0.2, 0) is 4.74 Å². The van der Waals surface area contributed by atoms with Gasteiger partial charge in [-0.2, -0.15) is 0 Å². The minimum atomic E-state index is -1.23. The molecule has 0 spiro atoms. The molecule has 2 rings (SSSR count). The fraction of sp³-hybridized carbons (Fsp3) is 0.133. The maximum atomic E-state index is 13.4. The third kappa shape index (κ3) is 5.07. The minimum Gasteiger partial charge on any atom is -0.388 e. The number of aromatic nitrogens is 1. The molecule has 0 radical (unpaired) electrons. The van der Waals surface area contributed by atoms with E-state index in [1.807, 2.05) is 5.97 Å². The summed E-state index contributed by atoms with van der Waals surface area (Å²) in [7, 11) is 3.25. The number of ether oxygens (including phenoxy) is 1. The minimum absolute atomic E-state index is 0.00233. The van der Waals surface area contributed by atoms with Gasteiger partial charge in [0.1, 0.15) is 11.4 Å². The predicted molar refractivity (Wildman–Crippen MR) is 91.3 cm³/mol. The highest BCUT2D eigenvalue weighted by Crippen LogP contribution is 2.13. The molecule has 0 amide bonds. The average Bonchev–Trinajstić information content (AvgIpc) is 2.59. The molecule has 25 heavy (non-hydrogen) atoms. The van der Waals surface area contributed by atoms with E-state index in [1.165, 1.54) is 6.07 Å². The predicted octanol–water partition coefficient (Wildman–Crippen LogP) is 1.53. The first-order valence-corrected chi connectivity index (χ1v) is 7.11. The van der Waals surface area contributed by atoms with Gasteiger partial charge < -0.3 is 4.74 Å². The van der Waals surface area contributed by atoms with Crippen molar-refractivity contribution in [2.75, 3.05) is 14.2 Å². The Morgan fingerprint density at radius 3 is 2.60 bits per heavy atom. The molecule has 2 aromatic rings. The molecule has 1 aromatic carbocycles. The zero-order valence-corrected chi connectivity index (χ0v) is 14.0. The Labute approximate surface area is 148 Å². The smallest absolute Gasteiger partial charge is 0.364 e. The number of nitrogens with zero attached hydrogens (tertiary/aromatic N) is 3. The lowest BCUT2D eigenvalue weighted by Crippen LogP contribution is -2.45. The Morgan fingerprint density at radius 2 is 2.08 bits per heavy atom. The third-order valence-corrected chi connectivity index (χ3v) is 3.27. The van der Waals surface area contributed by atoms with Crippen LogP contribution in [0.25, 0.3) is 0 Å². The molecular weight excluding hydrogens is 351 g/mol. The average molecular weight is 364 g/mol. The van der Waals surface area contributed by atoms with E-state index < -0.39 is 23.1 Å². The topological polar surface area (TPSA) is 106 Å². The van der Waals surface area contributed by atoms with Gasteiger partial charge in [-0.05, 0) is 23.7 Å². The van der Waals surface area contributed by atoms with Crippen LogP contribution in [0.5, 0.6) is 0 Å². The number of benzene rings is 1. The molecule has 1 aromatic heterocycles. The number of carbonyl (C=O) groups excluding carboxylic acids is 1. The summed E-state index contributed by atoms with van der Waals surface area (Å²) in [4.78, 5) is 24.9. The quantitative estimate of drug-likeness (QED) is 0.353. The molecule has 0 aliphatic heterocycles. The third-order valence-electron chi connectivity index (χ3n) is 2.92. The van der Waals surface area contributed by atoms with Gasteiger partial charge in [-0.3, -0.25) is 19.9 Å². The van der Waals surface area contributed by atoms with Gasteiger partial charge >= 0.3 is 6.71 Å². The number of carbonyl (C=O) groups is 1. The molecule has 0 atom stereocenters. The molecule has 0 N–H and O–H groups in total. The first-order valence-electron chi connectivity index (χ1n) is 6.73. The van der Waals surface area contributed by atoms with E-state index in [0.29, 0.717) is 6.29 Å². The van der Waals surface area contributed by atoms with Crippen LogP contribution in [0.3, 0.4) is 0 Å². The highest BCUT2D eigenvalue weighted by Gasteiger charge is 2.32. The van der Waals surface area contributed by atoms with Gasteiger partial charge in [-0.15, -0.1) is 0 Å². The highest BCUT2D eigenvalue weighted by molar-refractivity contribution is 6.92. The van der Waals surface area contributed by atoms with E-state index in [1.54, 1.807) is 14.2 Å². The maximum Gasteiger partial charge on any atom is 0.364 e. The van der Waals surface area contributed by atoms with Crippen LogP contribution in [0.4, 0.5) is 10.1 Å². The van der Waals surface area contributed by atoms with Crippen LogP contribution in [-0.4, -0.2) is 37.1 Å². The highest BCUT2D eigenvalue weighted by atomic mass is 35.5. The molecule has 0 saturated heterocycles. The Morgan fingerprint density at radius 1 is 1.44 bits per heavy atom. The van der Waals surface area contributed by atoms with E-state index in [0.717, 1.165) is 24.4 Å². The van der Waals surface area contributed by atoms with Crippen molar-refractivity contribution in [1.29, 1.82) is 5.26 Å². The lowest BCUT2D eigenvalue weighted by molar-refractivity contribution is -0.383. The Hall–Kier alpha value is -2.83. The lowest BCUT2D eigenvalue weighted by Gasteiger charge is -2.08. The van der Waals surface area contributed by atoms with E-state index in [2.05, 4.69) is 9.72 Å². The first kappa shape index (κ1) is 20.2. The van der Waals surface area contributed by atoms with Gasteiger partial charge in [0.05, 0.1) is 4.92 Å². The van der Waals surface area contributed by atoms with Crippen molar-refractivity contribution >= 4 is 41.3 Å². The standard InChI is InChI=1S/C13H6BClFN3O3.C2H6O/c15-11-2-1-9(16)4-10(11)14(7-17)13-12(19(21)22)3-8(6-20)5-18-13;1-3-2/h1-6H;1-2H3. The second kappa shape index (κ2) is 9.47. The largest absolute Gasteiger partial charge is 0.388 e. The molecule has 10 heteroatoms. The van der Waals surface area contributed by atoms with Crippen LogP contribution >= 0.6 is 11.6 Å². The number of aldehydes is 1. The monoisotopic (exact) mass is 363 g/mol. The number of rotatable bonds is 4. The van der Waals surface area contributed by atoms with Gasteiger partial charge in [-0.25, -0.2) is 9.65 Å². The summed E-state index contributed by atoms with van der Waals surface area (Å²) in [6, 6.07) is 4.39. The molecule has 0 saturated carbocycles. The summed E-state index contributed by atoms with van der Waals surface area (Å²) >= 11 is 5.94. The van der Waals surface area contributed by atoms with Gasteiger partial charge in [0.2, 0.25) is 0 Å². The van der Waals surface area contributed by atoms with Crippen molar-refractivity contribution < 1.29 is 18.8 Å². The van der Waals surface area contributed by atoms with Crippen molar-refractivity contribution in [1.82, 2.24) is 4.98 Å². The second-order valence-electron chi connectivity index (χ2n) is 4.68. The fourth-order valence-electron chi connectivity index (χ4n) is 1.93. The Bertz CT molecular complexity index is 829. The first-order chi connectivity index (χ1) is 11.9. The van der Waals surface area contributed by atoms with E-state index >= 15 is 0 Å². The van der Waals surface area contributed by atoms with E-state index in [-0.39, 0.29) is 21.6 Å². The molecule has 128 valence electrons. The summed E-state index contributed by atoms with van der Waals surface area (Å²) < 4.78 is 17.6. The van der Waals surface area contributed by atoms with Crippen LogP contribution < -0.4 is 11.1 Å². The second-order valence-corrected chi connectivity index (χ2v) is 5.09. The number of hydrogen-bond acceptors (Lipinski definition) is 6. The molecule has 0 aliphatic carbocycles. The van der Waals surface area contributed by atoms with Crippen molar-refractivity contribution in [3.05, 3.63) is 57.0 Å². The molecule has 1 heterocycles. The summed E-state index contributed by atoms with van der Waals surface area (Å²) in [5.41, 5.74) is -0.641. The van der Waals surface area contributed by atoms with Crippen LogP contribution in [0.15, 0.2) is 30.5 Å². The van der Waals surface area contributed by atoms with E-state index in [4.69, 9.17) is 11.6 Å². The molecule has 7 nitrogen and oxygen atoms in total. The summed E-state index contributed by atoms with van der Waals surface area (Å²) in [6.45, 7) is -1.23. The zero-order valence-electron chi connectivity index (χ0n) is 13.3. The van der Waals surface area contributed by atoms with Gasteiger partial charge in [0.25, 0.3) is 5.69 Å². The van der Waals surface area contributed by atoms with Gasteiger partial charge in [0, 0.05) is 43.0 Å². The van der Waals surface area contributed by atoms with Gasteiger partial charge in [-0.1, -0.05) is 11.6 Å². The normalized spacial score (nSPS) is 9.40. The Balaban J connectivity index is 0.000000970. The van der Waals surface area contributed by atoms with E-state index in [9.17, 15) is 24.6 Å². The number of halogens is 2. The summed E-state index contributed by atoms with van der Waals surface area (Å²) in [5.74, 6) is 1.20. The van der Waals surface area contributed by atoms with Crippen LogP contribution in [0.1, 0.15) is 10.4 Å². The van der Waals surface area contributed by atoms with Crippen molar-refractivity contribution in [2.24, 2.45) is 0 Å². The van der Waals surface area contributed by atoms with Crippen molar-refractivity contribution in [2.45, 2.75) is 0 Å². The number of pyridine rings is 1. The molecule has 0 bridgehead atoms. The molecule has 0 fully saturated rings. The fourth-order valence-corrected chi connectivity index (χ4v) is 2.15. The van der Waals surface area contributed by atoms with Gasteiger partial charge in [0.15, 0.2) is 6.29 Å². The molecule has 0 unspecified atom stereocenters. The Kier molecular flexibility index (Phi) is 7.66. The van der Waals surface area contributed by atoms with Crippen LogP contribution in [0.2, 0.25) is 5.02 Å². The number of methoxy groups -OCH3 is 1. The molecular formula is C15H12BClFN3O4. The number of hydrogen-bond donors (Lipinski definition) is 0. The summed E-state index contributed by atoms with van der Waals surface area (Å²) in [6.07, 6.45) is 1.51. The SMILES string of the molecule is COC.N#CB(c1cc(F)ccc1Cl)c1ncc(C=O)cc1[N+](=O)[O-]. The zero-order chi connectivity index (χ0) is 19.0. The van der Waals surface area contributed by atoms with Crippen LogP contribution in [0, 0.1) is 27.2 Å².